The number of aryl methyl sites for hydroxylation is 1. The van der Waals surface area contributed by atoms with E-state index >= 15 is 0 Å². The van der Waals surface area contributed by atoms with E-state index in [4.69, 9.17) is 23.8 Å². The second-order valence-electron chi connectivity index (χ2n) is 8.28. The van der Waals surface area contributed by atoms with Gasteiger partial charge in [-0.15, -0.1) is 0 Å². The van der Waals surface area contributed by atoms with Gasteiger partial charge in [-0.05, 0) is 32.3 Å². The monoisotopic (exact) mass is 462 g/mol. The van der Waals surface area contributed by atoms with Crippen molar-refractivity contribution in [2.45, 2.75) is 44.5 Å². The van der Waals surface area contributed by atoms with E-state index in [1.165, 1.54) is 0 Å². The molecule has 3 saturated heterocycles. The molecule has 0 spiro atoms. The van der Waals surface area contributed by atoms with E-state index in [-0.39, 0.29) is 12.0 Å². The lowest BCUT2D eigenvalue weighted by molar-refractivity contribution is -0.192. The van der Waals surface area contributed by atoms with Gasteiger partial charge in [0.25, 0.3) is 5.91 Å². The number of hydrogen-bond donors (Lipinski definition) is 1. The summed E-state index contributed by atoms with van der Waals surface area (Å²) in [5, 5.41) is 7.12. The van der Waals surface area contributed by atoms with Crippen molar-refractivity contribution in [3.63, 3.8) is 0 Å². The lowest BCUT2D eigenvalue weighted by Gasteiger charge is -2.39. The fourth-order valence-corrected chi connectivity index (χ4v) is 4.38. The van der Waals surface area contributed by atoms with Gasteiger partial charge in [0.2, 0.25) is 0 Å². The number of amides is 1. The molecule has 4 rings (SSSR count). The molecule has 0 unspecified atom stereocenters. The lowest BCUT2D eigenvalue weighted by Crippen LogP contribution is -2.50. The molecule has 2 atom stereocenters. The average Bonchev–Trinajstić information content (AvgIpc) is 3.07. The second-order valence-corrected chi connectivity index (χ2v) is 8.28. The Hall–Kier alpha value is -2.11. The molecule has 1 aromatic rings. The molecule has 0 bridgehead atoms. The third-order valence-corrected chi connectivity index (χ3v) is 6.17. The molecule has 32 heavy (non-hydrogen) atoms. The Morgan fingerprint density at radius 1 is 1.09 bits per heavy atom. The zero-order chi connectivity index (χ0) is 23.3. The molecule has 1 amide bonds. The first-order chi connectivity index (χ1) is 15.2. The quantitative estimate of drug-likeness (QED) is 0.722. The predicted molar refractivity (Wildman–Crippen MR) is 106 cm³/mol. The second kappa shape index (κ2) is 10.7. The molecule has 3 aliphatic heterocycles. The summed E-state index contributed by atoms with van der Waals surface area (Å²) in [4.78, 5) is 26.1. The van der Waals surface area contributed by atoms with Crippen LogP contribution < -0.4 is 0 Å². The zero-order valence-electron chi connectivity index (χ0n) is 18.0. The first kappa shape index (κ1) is 24.5. The number of carboxylic acid groups (broad SMARTS) is 1. The summed E-state index contributed by atoms with van der Waals surface area (Å²) in [5.41, 5.74) is 0.902. The maximum atomic E-state index is 12.7. The van der Waals surface area contributed by atoms with Gasteiger partial charge < -0.3 is 23.9 Å². The normalized spacial score (nSPS) is 25.3. The van der Waals surface area contributed by atoms with Crippen molar-refractivity contribution in [3.8, 4) is 0 Å². The van der Waals surface area contributed by atoms with E-state index < -0.39 is 12.1 Å². The largest absolute Gasteiger partial charge is 0.490 e. The number of likely N-dealkylation sites (tertiary alicyclic amines) is 1. The van der Waals surface area contributed by atoms with Crippen LogP contribution in [0.1, 0.15) is 35.4 Å². The van der Waals surface area contributed by atoms with Crippen LogP contribution in [0.5, 0.6) is 0 Å². The smallest absolute Gasteiger partial charge is 0.475 e. The van der Waals surface area contributed by atoms with Crippen LogP contribution in [-0.2, 0) is 14.3 Å². The van der Waals surface area contributed by atoms with Crippen LogP contribution >= 0.6 is 0 Å². The van der Waals surface area contributed by atoms with Crippen LogP contribution in [0.15, 0.2) is 16.7 Å². The number of alkyl halides is 3. The van der Waals surface area contributed by atoms with Crippen LogP contribution in [0, 0.1) is 12.8 Å². The summed E-state index contributed by atoms with van der Waals surface area (Å²) >= 11 is 0. The molecule has 1 aromatic heterocycles. The highest BCUT2D eigenvalue weighted by molar-refractivity contribution is 5.92. The van der Waals surface area contributed by atoms with Crippen LogP contribution in [0.25, 0.3) is 0 Å². The highest BCUT2D eigenvalue weighted by Gasteiger charge is 2.39. The van der Waals surface area contributed by atoms with Crippen LogP contribution in [0.2, 0.25) is 0 Å². The zero-order valence-corrected chi connectivity index (χ0v) is 18.0. The van der Waals surface area contributed by atoms with Gasteiger partial charge in [0.15, 0.2) is 5.76 Å². The number of fused-ring (bicyclic) bond motifs is 1. The van der Waals surface area contributed by atoms with Gasteiger partial charge in [-0.2, -0.15) is 13.2 Å². The number of carboxylic acids is 1. The minimum absolute atomic E-state index is 0.00455. The number of furan rings is 1. The SMILES string of the molecule is Cc1ccoc1C(=O)N1CC[C@@H]2CN(C3CCOCC3)CCO[C@@H]2C1.O=C(O)C(F)(F)F. The maximum absolute atomic E-state index is 12.7. The molecular weight excluding hydrogens is 433 g/mol. The highest BCUT2D eigenvalue weighted by Crippen LogP contribution is 2.28. The molecule has 0 aliphatic carbocycles. The summed E-state index contributed by atoms with van der Waals surface area (Å²) in [5.74, 6) is -1.79. The summed E-state index contributed by atoms with van der Waals surface area (Å²) in [6.45, 7) is 7.94. The summed E-state index contributed by atoms with van der Waals surface area (Å²) in [6.07, 6.45) is -0.114. The molecule has 8 nitrogen and oxygen atoms in total. The first-order valence-corrected chi connectivity index (χ1v) is 10.7. The first-order valence-electron chi connectivity index (χ1n) is 10.7. The van der Waals surface area contributed by atoms with Crippen molar-refractivity contribution >= 4 is 11.9 Å². The number of nitrogens with zero attached hydrogens (tertiary/aromatic N) is 2. The molecule has 11 heteroatoms. The standard InChI is InChI=1S/C19H28N2O4.C2HF3O2/c1-14-3-10-25-18(14)19(22)21-6-2-15-12-20(7-11-24-17(15)13-21)16-4-8-23-9-5-16;3-2(4,5)1(6)7/h3,10,15-17H,2,4-9,11-13H2,1H3;(H,6,7)/t15-,17-;/m1./s1. The van der Waals surface area contributed by atoms with E-state index in [1.807, 2.05) is 17.9 Å². The van der Waals surface area contributed by atoms with E-state index in [0.29, 0.717) is 24.3 Å². The van der Waals surface area contributed by atoms with E-state index in [9.17, 15) is 18.0 Å². The van der Waals surface area contributed by atoms with Crippen molar-refractivity contribution < 1.29 is 41.8 Å². The van der Waals surface area contributed by atoms with E-state index in [0.717, 1.165) is 64.3 Å². The Balaban J connectivity index is 0.000000360. The Bertz CT molecular complexity index is 778. The number of carbonyl (C=O) groups is 2. The Labute approximate surface area is 184 Å². The number of hydrogen-bond acceptors (Lipinski definition) is 6. The minimum Gasteiger partial charge on any atom is -0.475 e. The highest BCUT2D eigenvalue weighted by atomic mass is 19.4. The minimum atomic E-state index is -5.08. The van der Waals surface area contributed by atoms with Crippen molar-refractivity contribution in [2.75, 3.05) is 46.0 Å². The molecular formula is C21H29F3N2O6. The predicted octanol–water partition coefficient (Wildman–Crippen LogP) is 2.56. The molecule has 1 N–H and O–H groups in total. The molecule has 0 saturated carbocycles. The Morgan fingerprint density at radius 3 is 2.38 bits per heavy atom. The van der Waals surface area contributed by atoms with Gasteiger partial charge in [0.1, 0.15) is 0 Å². The number of ether oxygens (including phenoxy) is 2. The van der Waals surface area contributed by atoms with E-state index in [1.54, 1.807) is 6.26 Å². The fourth-order valence-electron chi connectivity index (χ4n) is 4.38. The van der Waals surface area contributed by atoms with Crippen molar-refractivity contribution in [1.29, 1.82) is 0 Å². The molecule has 4 heterocycles. The number of halogens is 3. The molecule has 3 aliphatic rings. The van der Waals surface area contributed by atoms with E-state index in [2.05, 4.69) is 4.90 Å². The fraction of sp³-hybridized carbons (Fsp3) is 0.714. The van der Waals surface area contributed by atoms with Crippen molar-refractivity contribution in [3.05, 3.63) is 23.7 Å². The molecule has 180 valence electrons. The van der Waals surface area contributed by atoms with Gasteiger partial charge >= 0.3 is 12.1 Å². The van der Waals surface area contributed by atoms with Crippen LogP contribution in [0.3, 0.4) is 0 Å². The number of carbonyl (C=O) groups excluding carboxylic acids is 1. The Kier molecular flexibility index (Phi) is 8.18. The van der Waals surface area contributed by atoms with Crippen LogP contribution in [0.4, 0.5) is 13.2 Å². The third kappa shape index (κ3) is 6.23. The average molecular weight is 462 g/mol. The summed E-state index contributed by atoms with van der Waals surface area (Å²) in [6, 6.07) is 2.47. The Morgan fingerprint density at radius 2 is 1.78 bits per heavy atom. The molecule has 0 radical (unpaired) electrons. The topological polar surface area (TPSA) is 92.5 Å². The molecule has 3 fully saturated rings. The summed E-state index contributed by atoms with van der Waals surface area (Å²) < 4.78 is 48.8. The lowest BCUT2D eigenvalue weighted by atomic mass is 9.92. The van der Waals surface area contributed by atoms with Crippen molar-refractivity contribution in [2.24, 2.45) is 5.92 Å². The van der Waals surface area contributed by atoms with Gasteiger partial charge in [0, 0.05) is 56.9 Å². The summed E-state index contributed by atoms with van der Waals surface area (Å²) in [7, 11) is 0. The van der Waals surface area contributed by atoms with Gasteiger partial charge in [-0.25, -0.2) is 4.79 Å². The molecule has 0 aromatic carbocycles. The number of rotatable bonds is 2. The van der Waals surface area contributed by atoms with Crippen LogP contribution in [-0.4, -0.2) is 91.1 Å². The van der Waals surface area contributed by atoms with Crippen molar-refractivity contribution in [1.82, 2.24) is 9.80 Å². The van der Waals surface area contributed by atoms with Gasteiger partial charge in [-0.3, -0.25) is 9.69 Å². The number of piperidine rings is 1. The maximum Gasteiger partial charge on any atom is 0.490 e. The van der Waals surface area contributed by atoms with Gasteiger partial charge in [-0.1, -0.05) is 0 Å². The number of aliphatic carboxylic acids is 1. The third-order valence-electron chi connectivity index (χ3n) is 6.17. The van der Waals surface area contributed by atoms with Gasteiger partial charge in [0.05, 0.1) is 19.0 Å².